The van der Waals surface area contributed by atoms with E-state index in [1.807, 2.05) is 12.1 Å². The Hall–Kier alpha value is -1.95. The standard InChI is InChI=1S/C13H8BrF2N3/c14-7-1-4-11-12(5-7)19(13(17)18-11)8-2-3-9(15)10(16)6-8/h1-6H,(H2,17,18). The number of hydrogen-bond donors (Lipinski definition) is 1. The second kappa shape index (κ2) is 4.31. The van der Waals surface area contributed by atoms with E-state index in [0.717, 1.165) is 22.1 Å². The number of fused-ring (bicyclic) bond motifs is 1. The van der Waals surface area contributed by atoms with Crippen LogP contribution in [0.15, 0.2) is 40.9 Å². The van der Waals surface area contributed by atoms with Gasteiger partial charge in [-0.15, -0.1) is 0 Å². The molecule has 0 bridgehead atoms. The third-order valence-corrected chi connectivity index (χ3v) is 3.30. The van der Waals surface area contributed by atoms with Crippen LogP contribution in [0.2, 0.25) is 0 Å². The predicted octanol–water partition coefficient (Wildman–Crippen LogP) is 3.65. The van der Waals surface area contributed by atoms with Crippen LogP contribution in [-0.2, 0) is 0 Å². The molecule has 0 saturated carbocycles. The fraction of sp³-hybridized carbons (Fsp3) is 0. The Kier molecular flexibility index (Phi) is 2.74. The van der Waals surface area contributed by atoms with Gasteiger partial charge in [-0.05, 0) is 30.3 Å². The molecular weight excluding hydrogens is 316 g/mol. The number of benzene rings is 2. The van der Waals surface area contributed by atoms with Gasteiger partial charge in [0.1, 0.15) is 0 Å². The predicted molar refractivity (Wildman–Crippen MR) is 73.1 cm³/mol. The zero-order valence-corrected chi connectivity index (χ0v) is 11.2. The number of nitrogens with zero attached hydrogens (tertiary/aromatic N) is 2. The van der Waals surface area contributed by atoms with Crippen LogP contribution in [0.4, 0.5) is 14.7 Å². The summed E-state index contributed by atoms with van der Waals surface area (Å²) in [7, 11) is 0. The van der Waals surface area contributed by atoms with Gasteiger partial charge >= 0.3 is 0 Å². The normalized spacial score (nSPS) is 11.1. The first-order chi connectivity index (χ1) is 9.06. The number of rotatable bonds is 1. The molecule has 2 aromatic carbocycles. The van der Waals surface area contributed by atoms with E-state index in [0.29, 0.717) is 11.2 Å². The van der Waals surface area contributed by atoms with Crippen molar-refractivity contribution in [3.8, 4) is 5.69 Å². The van der Waals surface area contributed by atoms with Gasteiger partial charge in [0.2, 0.25) is 5.95 Å². The van der Waals surface area contributed by atoms with Gasteiger partial charge in [-0.25, -0.2) is 13.8 Å². The van der Waals surface area contributed by atoms with Gasteiger partial charge in [-0.3, -0.25) is 4.57 Å². The lowest BCUT2D eigenvalue weighted by Gasteiger charge is -2.07. The van der Waals surface area contributed by atoms with E-state index in [-0.39, 0.29) is 5.95 Å². The summed E-state index contributed by atoms with van der Waals surface area (Å²) in [6.07, 6.45) is 0. The summed E-state index contributed by atoms with van der Waals surface area (Å²) in [5.74, 6) is -1.60. The van der Waals surface area contributed by atoms with Gasteiger partial charge in [-0.2, -0.15) is 0 Å². The van der Waals surface area contributed by atoms with E-state index >= 15 is 0 Å². The van der Waals surface area contributed by atoms with Gasteiger partial charge in [0, 0.05) is 10.5 Å². The Morgan fingerprint density at radius 1 is 1.05 bits per heavy atom. The molecule has 1 heterocycles. The molecule has 6 heteroatoms. The molecular formula is C13H8BrF2N3. The second-order valence-electron chi connectivity index (χ2n) is 4.04. The number of nitrogen functional groups attached to an aromatic ring is 1. The maximum Gasteiger partial charge on any atom is 0.205 e. The van der Waals surface area contributed by atoms with Crippen LogP contribution in [0.5, 0.6) is 0 Å². The van der Waals surface area contributed by atoms with Gasteiger partial charge in [0.15, 0.2) is 11.6 Å². The van der Waals surface area contributed by atoms with E-state index in [1.165, 1.54) is 6.07 Å². The first kappa shape index (κ1) is 12.1. The first-order valence-electron chi connectivity index (χ1n) is 5.45. The molecule has 19 heavy (non-hydrogen) atoms. The second-order valence-corrected chi connectivity index (χ2v) is 4.95. The van der Waals surface area contributed by atoms with Crippen LogP contribution in [-0.4, -0.2) is 9.55 Å². The summed E-state index contributed by atoms with van der Waals surface area (Å²) < 4.78 is 28.7. The molecule has 0 amide bonds. The average molecular weight is 324 g/mol. The van der Waals surface area contributed by atoms with Crippen molar-refractivity contribution in [1.82, 2.24) is 9.55 Å². The number of halogens is 3. The van der Waals surface area contributed by atoms with Crippen LogP contribution in [0, 0.1) is 11.6 Å². The van der Waals surface area contributed by atoms with Crippen molar-refractivity contribution in [3.63, 3.8) is 0 Å². The van der Waals surface area contributed by atoms with Crippen molar-refractivity contribution in [3.05, 3.63) is 52.5 Å². The highest BCUT2D eigenvalue weighted by Gasteiger charge is 2.12. The zero-order valence-electron chi connectivity index (χ0n) is 9.57. The number of aromatic nitrogens is 2. The van der Waals surface area contributed by atoms with Crippen molar-refractivity contribution < 1.29 is 8.78 Å². The maximum atomic E-state index is 13.3. The van der Waals surface area contributed by atoms with Crippen LogP contribution in [0.25, 0.3) is 16.7 Å². The maximum absolute atomic E-state index is 13.3. The molecule has 0 spiro atoms. The van der Waals surface area contributed by atoms with E-state index in [2.05, 4.69) is 20.9 Å². The molecule has 0 radical (unpaired) electrons. The smallest absolute Gasteiger partial charge is 0.205 e. The summed E-state index contributed by atoms with van der Waals surface area (Å²) in [6, 6.07) is 9.06. The Morgan fingerprint density at radius 2 is 1.84 bits per heavy atom. The van der Waals surface area contributed by atoms with Crippen molar-refractivity contribution >= 4 is 32.9 Å². The highest BCUT2D eigenvalue weighted by atomic mass is 79.9. The largest absolute Gasteiger partial charge is 0.369 e. The minimum Gasteiger partial charge on any atom is -0.369 e. The van der Waals surface area contributed by atoms with Crippen LogP contribution >= 0.6 is 15.9 Å². The fourth-order valence-corrected chi connectivity index (χ4v) is 2.31. The van der Waals surface area contributed by atoms with E-state index < -0.39 is 11.6 Å². The topological polar surface area (TPSA) is 43.8 Å². The average Bonchev–Trinajstić information content (AvgIpc) is 2.68. The summed E-state index contributed by atoms with van der Waals surface area (Å²) in [5, 5.41) is 0. The molecule has 0 aliphatic heterocycles. The Labute approximate surface area is 115 Å². The van der Waals surface area contributed by atoms with Crippen molar-refractivity contribution in [1.29, 1.82) is 0 Å². The molecule has 0 aliphatic rings. The fourth-order valence-electron chi connectivity index (χ4n) is 1.96. The van der Waals surface area contributed by atoms with Crippen molar-refractivity contribution in [2.75, 3.05) is 5.73 Å². The Bertz CT molecular complexity index is 783. The lowest BCUT2D eigenvalue weighted by molar-refractivity contribution is 0.508. The van der Waals surface area contributed by atoms with Crippen LogP contribution < -0.4 is 5.73 Å². The van der Waals surface area contributed by atoms with Crippen LogP contribution in [0.1, 0.15) is 0 Å². The van der Waals surface area contributed by atoms with Gasteiger partial charge in [0.25, 0.3) is 0 Å². The molecule has 0 fully saturated rings. The summed E-state index contributed by atoms with van der Waals surface area (Å²) in [5.41, 5.74) is 7.68. The molecule has 1 aromatic heterocycles. The SMILES string of the molecule is Nc1nc2ccc(Br)cc2n1-c1ccc(F)c(F)c1. The van der Waals surface area contributed by atoms with E-state index in [1.54, 1.807) is 10.6 Å². The lowest BCUT2D eigenvalue weighted by Crippen LogP contribution is -2.01. The number of anilines is 1. The molecule has 3 rings (SSSR count). The summed E-state index contributed by atoms with van der Waals surface area (Å²) in [6.45, 7) is 0. The van der Waals surface area contributed by atoms with Crippen LogP contribution in [0.3, 0.4) is 0 Å². The van der Waals surface area contributed by atoms with Gasteiger partial charge < -0.3 is 5.73 Å². The number of nitrogens with two attached hydrogens (primary N) is 1. The van der Waals surface area contributed by atoms with Crippen molar-refractivity contribution in [2.45, 2.75) is 0 Å². The molecule has 3 aromatic rings. The number of imidazole rings is 1. The third kappa shape index (κ3) is 1.98. The molecule has 3 nitrogen and oxygen atoms in total. The van der Waals surface area contributed by atoms with E-state index in [9.17, 15) is 8.78 Å². The third-order valence-electron chi connectivity index (χ3n) is 2.80. The van der Waals surface area contributed by atoms with Crippen molar-refractivity contribution in [2.24, 2.45) is 0 Å². The monoisotopic (exact) mass is 323 g/mol. The summed E-state index contributed by atoms with van der Waals surface area (Å²) in [4.78, 5) is 4.19. The molecule has 0 atom stereocenters. The highest BCUT2D eigenvalue weighted by Crippen LogP contribution is 2.26. The molecule has 0 unspecified atom stereocenters. The molecule has 96 valence electrons. The van der Waals surface area contributed by atoms with E-state index in [4.69, 9.17) is 5.73 Å². The zero-order chi connectivity index (χ0) is 13.6. The molecule has 2 N–H and O–H groups in total. The minimum atomic E-state index is -0.922. The molecule has 0 aliphatic carbocycles. The molecule has 0 saturated heterocycles. The Morgan fingerprint density at radius 3 is 2.58 bits per heavy atom. The first-order valence-corrected chi connectivity index (χ1v) is 6.24. The lowest BCUT2D eigenvalue weighted by atomic mass is 10.2. The summed E-state index contributed by atoms with van der Waals surface area (Å²) >= 11 is 3.36. The quantitative estimate of drug-likeness (QED) is 0.742. The van der Waals surface area contributed by atoms with Gasteiger partial charge in [-0.1, -0.05) is 15.9 Å². The highest BCUT2D eigenvalue weighted by molar-refractivity contribution is 9.10. The van der Waals surface area contributed by atoms with Gasteiger partial charge in [0.05, 0.1) is 16.7 Å². The number of hydrogen-bond acceptors (Lipinski definition) is 2. The Balaban J connectivity index is 2.31. The minimum absolute atomic E-state index is 0.221.